The molecule has 2 heterocycles. The van der Waals surface area contributed by atoms with E-state index in [1.54, 1.807) is 11.3 Å². The first kappa shape index (κ1) is 7.94. The van der Waals surface area contributed by atoms with Crippen molar-refractivity contribution in [2.24, 2.45) is 0 Å². The fourth-order valence-electron chi connectivity index (χ4n) is 1.70. The molecule has 0 fully saturated rings. The molecule has 14 heavy (non-hydrogen) atoms. The van der Waals surface area contributed by atoms with E-state index in [4.69, 9.17) is 0 Å². The highest BCUT2D eigenvalue weighted by Gasteiger charge is 2.04. The fourth-order valence-corrected chi connectivity index (χ4v) is 2.82. The molecule has 0 unspecified atom stereocenters. The lowest BCUT2D eigenvalue weighted by Gasteiger charge is -1.91. The third kappa shape index (κ3) is 1.04. The first-order valence-corrected chi connectivity index (χ1v) is 5.41. The number of aryl methyl sites for hydroxylation is 1. The maximum Gasteiger partial charge on any atom is 0.124 e. The number of rotatable bonds is 0. The van der Waals surface area contributed by atoms with Crippen LogP contribution in [0.4, 0.5) is 0 Å². The highest BCUT2D eigenvalue weighted by molar-refractivity contribution is 7.25. The molecule has 1 nitrogen and oxygen atoms in total. The number of nitrogens with zero attached hydrogens (tertiary/aromatic N) is 1. The molecule has 0 spiro atoms. The molecule has 0 saturated carbocycles. The van der Waals surface area contributed by atoms with E-state index < -0.39 is 0 Å². The van der Waals surface area contributed by atoms with Gasteiger partial charge >= 0.3 is 0 Å². The topological polar surface area (TPSA) is 12.9 Å². The van der Waals surface area contributed by atoms with Gasteiger partial charge in [0.25, 0.3) is 0 Å². The van der Waals surface area contributed by atoms with Gasteiger partial charge in [0, 0.05) is 21.2 Å². The Morgan fingerprint density at radius 3 is 2.79 bits per heavy atom. The molecule has 3 aromatic rings. The number of aromatic nitrogens is 1. The van der Waals surface area contributed by atoms with Crippen molar-refractivity contribution in [2.75, 3.05) is 0 Å². The van der Waals surface area contributed by atoms with E-state index >= 15 is 0 Å². The van der Waals surface area contributed by atoms with E-state index in [2.05, 4.69) is 41.4 Å². The van der Waals surface area contributed by atoms with Crippen LogP contribution >= 0.6 is 11.3 Å². The van der Waals surface area contributed by atoms with E-state index in [0.29, 0.717) is 0 Å². The average molecular weight is 199 g/mol. The Morgan fingerprint density at radius 2 is 1.86 bits per heavy atom. The van der Waals surface area contributed by atoms with Gasteiger partial charge in [0.1, 0.15) is 4.83 Å². The SMILES string of the molecule is Cc1ccc2c(n1)sc1ccccc12. The van der Waals surface area contributed by atoms with Crippen molar-refractivity contribution in [3.05, 3.63) is 42.1 Å². The molecule has 2 aromatic heterocycles. The third-order valence-electron chi connectivity index (χ3n) is 2.38. The van der Waals surface area contributed by atoms with Gasteiger partial charge in [-0.1, -0.05) is 18.2 Å². The number of fused-ring (bicyclic) bond motifs is 3. The largest absolute Gasteiger partial charge is 0.242 e. The number of thiophene rings is 1. The second-order valence-corrected chi connectivity index (χ2v) is 4.43. The van der Waals surface area contributed by atoms with Crippen molar-refractivity contribution in [3.8, 4) is 0 Å². The Hall–Kier alpha value is -1.41. The smallest absolute Gasteiger partial charge is 0.124 e. The Balaban J connectivity index is 2.57. The lowest BCUT2D eigenvalue weighted by Crippen LogP contribution is -1.76. The average Bonchev–Trinajstić information content (AvgIpc) is 2.54. The summed E-state index contributed by atoms with van der Waals surface area (Å²) in [5.41, 5.74) is 1.09. The fraction of sp³-hybridized carbons (Fsp3) is 0.0833. The molecule has 0 aliphatic heterocycles. The van der Waals surface area contributed by atoms with Crippen molar-refractivity contribution in [3.63, 3.8) is 0 Å². The van der Waals surface area contributed by atoms with Crippen LogP contribution in [0.5, 0.6) is 0 Å². The summed E-state index contributed by atoms with van der Waals surface area (Å²) >= 11 is 1.76. The molecule has 0 bridgehead atoms. The molecular weight excluding hydrogens is 190 g/mol. The van der Waals surface area contributed by atoms with Gasteiger partial charge in [-0.25, -0.2) is 4.98 Å². The van der Waals surface area contributed by atoms with Crippen molar-refractivity contribution >= 4 is 31.6 Å². The summed E-state index contributed by atoms with van der Waals surface area (Å²) in [6.07, 6.45) is 0. The molecule has 3 rings (SSSR count). The van der Waals surface area contributed by atoms with E-state index in [1.165, 1.54) is 15.5 Å². The van der Waals surface area contributed by atoms with Gasteiger partial charge in [-0.2, -0.15) is 0 Å². The Bertz CT molecular complexity index is 610. The minimum Gasteiger partial charge on any atom is -0.242 e. The standard InChI is InChI=1S/C12H9NS/c1-8-6-7-10-9-4-2-3-5-11(9)14-12(10)13-8/h2-7H,1H3. The van der Waals surface area contributed by atoms with Gasteiger partial charge in [0.15, 0.2) is 0 Å². The number of hydrogen-bond acceptors (Lipinski definition) is 2. The number of pyridine rings is 1. The van der Waals surface area contributed by atoms with Crippen molar-refractivity contribution in [1.29, 1.82) is 0 Å². The van der Waals surface area contributed by atoms with E-state index in [-0.39, 0.29) is 0 Å². The zero-order chi connectivity index (χ0) is 9.54. The van der Waals surface area contributed by atoms with E-state index in [1.807, 2.05) is 6.92 Å². The molecule has 0 aliphatic rings. The van der Waals surface area contributed by atoms with Crippen LogP contribution in [0, 0.1) is 6.92 Å². The van der Waals surface area contributed by atoms with E-state index in [9.17, 15) is 0 Å². The Morgan fingerprint density at radius 1 is 1.00 bits per heavy atom. The maximum absolute atomic E-state index is 4.53. The molecule has 1 aromatic carbocycles. The minimum atomic E-state index is 1.09. The normalized spacial score (nSPS) is 11.2. The van der Waals surface area contributed by atoms with Crippen LogP contribution in [0.2, 0.25) is 0 Å². The van der Waals surface area contributed by atoms with Gasteiger partial charge < -0.3 is 0 Å². The van der Waals surface area contributed by atoms with Crippen LogP contribution in [0.1, 0.15) is 5.69 Å². The number of benzene rings is 1. The maximum atomic E-state index is 4.53. The molecule has 0 N–H and O–H groups in total. The molecule has 0 radical (unpaired) electrons. The predicted molar refractivity (Wildman–Crippen MR) is 61.9 cm³/mol. The van der Waals surface area contributed by atoms with Crippen molar-refractivity contribution in [1.82, 2.24) is 4.98 Å². The monoisotopic (exact) mass is 199 g/mol. The second-order valence-electron chi connectivity index (χ2n) is 3.40. The summed E-state index contributed by atoms with van der Waals surface area (Å²) < 4.78 is 1.32. The van der Waals surface area contributed by atoms with Crippen molar-refractivity contribution in [2.45, 2.75) is 6.92 Å². The molecule has 0 aliphatic carbocycles. The van der Waals surface area contributed by atoms with Crippen molar-refractivity contribution < 1.29 is 0 Å². The number of hydrogen-bond donors (Lipinski definition) is 0. The molecule has 0 saturated heterocycles. The quantitative estimate of drug-likeness (QED) is 0.537. The predicted octanol–water partition coefficient (Wildman–Crippen LogP) is 3.76. The van der Waals surface area contributed by atoms with Crippen LogP contribution in [0.15, 0.2) is 36.4 Å². The molecular formula is C12H9NS. The lowest BCUT2D eigenvalue weighted by atomic mass is 10.2. The van der Waals surface area contributed by atoms with Gasteiger partial charge in [-0.3, -0.25) is 0 Å². The van der Waals surface area contributed by atoms with Gasteiger partial charge in [-0.05, 0) is 25.1 Å². The van der Waals surface area contributed by atoms with Gasteiger partial charge in [-0.15, -0.1) is 11.3 Å². The van der Waals surface area contributed by atoms with Crippen LogP contribution in [0.25, 0.3) is 20.3 Å². The molecule has 2 heteroatoms. The summed E-state index contributed by atoms with van der Waals surface area (Å²) in [6.45, 7) is 2.03. The Labute approximate surface area is 86.0 Å². The van der Waals surface area contributed by atoms with Crippen LogP contribution in [-0.2, 0) is 0 Å². The highest BCUT2D eigenvalue weighted by Crippen LogP contribution is 2.32. The van der Waals surface area contributed by atoms with Gasteiger partial charge in [0.2, 0.25) is 0 Å². The Kier molecular flexibility index (Phi) is 1.58. The summed E-state index contributed by atoms with van der Waals surface area (Å²) in [7, 11) is 0. The zero-order valence-corrected chi connectivity index (χ0v) is 8.64. The van der Waals surface area contributed by atoms with Gasteiger partial charge in [0.05, 0.1) is 0 Å². The molecule has 0 amide bonds. The first-order valence-electron chi connectivity index (χ1n) is 4.59. The lowest BCUT2D eigenvalue weighted by molar-refractivity contribution is 1.27. The molecule has 68 valence electrons. The minimum absolute atomic E-state index is 1.09. The zero-order valence-electron chi connectivity index (χ0n) is 7.82. The summed E-state index contributed by atoms with van der Waals surface area (Å²) in [5.74, 6) is 0. The van der Waals surface area contributed by atoms with E-state index in [0.717, 1.165) is 10.5 Å². The van der Waals surface area contributed by atoms with Crippen LogP contribution < -0.4 is 0 Å². The summed E-state index contributed by atoms with van der Waals surface area (Å²) in [5, 5.41) is 2.59. The van der Waals surface area contributed by atoms with Crippen LogP contribution in [-0.4, -0.2) is 4.98 Å². The summed E-state index contributed by atoms with van der Waals surface area (Å²) in [4.78, 5) is 5.68. The summed E-state index contributed by atoms with van der Waals surface area (Å²) in [6, 6.07) is 12.7. The second kappa shape index (κ2) is 2.79. The highest BCUT2D eigenvalue weighted by atomic mass is 32.1. The first-order chi connectivity index (χ1) is 6.84. The molecule has 0 atom stereocenters. The van der Waals surface area contributed by atoms with Crippen LogP contribution in [0.3, 0.4) is 0 Å². The third-order valence-corrected chi connectivity index (χ3v) is 3.46.